The molecule has 4 nitrogen and oxygen atoms in total. The molecular formula is C9H7F3N2O2. The van der Waals surface area contributed by atoms with Gasteiger partial charge in [-0.1, -0.05) is 0 Å². The first-order chi connectivity index (χ1) is 7.43. The number of amides is 1. The van der Waals surface area contributed by atoms with E-state index in [0.717, 1.165) is 0 Å². The van der Waals surface area contributed by atoms with Crippen LogP contribution in [0.25, 0.3) is 0 Å². The zero-order valence-electron chi connectivity index (χ0n) is 7.91. The lowest BCUT2D eigenvalue weighted by molar-refractivity contribution is -0.173. The van der Waals surface area contributed by atoms with E-state index in [1.807, 2.05) is 0 Å². The minimum Gasteiger partial charge on any atom is -0.343 e. The first kappa shape index (κ1) is 12.2. The van der Waals surface area contributed by atoms with Gasteiger partial charge in [-0.05, 0) is 12.1 Å². The van der Waals surface area contributed by atoms with Crippen LogP contribution in [0.5, 0.6) is 0 Å². The number of rotatable bonds is 3. The van der Waals surface area contributed by atoms with Crippen molar-refractivity contribution in [2.45, 2.75) is 12.7 Å². The van der Waals surface area contributed by atoms with E-state index >= 15 is 0 Å². The van der Waals surface area contributed by atoms with Crippen molar-refractivity contribution in [3.63, 3.8) is 0 Å². The van der Waals surface area contributed by atoms with Crippen LogP contribution >= 0.6 is 0 Å². The van der Waals surface area contributed by atoms with E-state index in [1.165, 1.54) is 18.3 Å². The summed E-state index contributed by atoms with van der Waals surface area (Å²) in [7, 11) is 0. The summed E-state index contributed by atoms with van der Waals surface area (Å²) in [5.41, 5.74) is 0.466. The number of hydrogen-bond acceptors (Lipinski definition) is 3. The molecule has 0 fully saturated rings. The molecular weight excluding hydrogens is 225 g/mol. The third-order valence-corrected chi connectivity index (χ3v) is 1.66. The van der Waals surface area contributed by atoms with Crippen molar-refractivity contribution in [2.75, 3.05) is 0 Å². The van der Waals surface area contributed by atoms with Crippen molar-refractivity contribution < 1.29 is 22.8 Å². The number of aromatic nitrogens is 1. The summed E-state index contributed by atoms with van der Waals surface area (Å²) < 4.78 is 35.4. The average molecular weight is 232 g/mol. The van der Waals surface area contributed by atoms with E-state index in [4.69, 9.17) is 0 Å². The van der Waals surface area contributed by atoms with Gasteiger partial charge in [0, 0.05) is 11.8 Å². The number of carbonyl (C=O) groups is 2. The minimum absolute atomic E-state index is 0.183. The molecule has 0 radical (unpaired) electrons. The zero-order chi connectivity index (χ0) is 12.2. The number of nitrogens with zero attached hydrogens (tertiary/aromatic N) is 1. The number of nitrogens with one attached hydrogen (secondary N) is 1. The molecule has 16 heavy (non-hydrogen) atoms. The predicted molar refractivity (Wildman–Crippen MR) is 47.5 cm³/mol. The van der Waals surface area contributed by atoms with Gasteiger partial charge < -0.3 is 5.32 Å². The maximum absolute atomic E-state index is 11.8. The normalized spacial score (nSPS) is 10.9. The van der Waals surface area contributed by atoms with Gasteiger partial charge in [0.15, 0.2) is 0 Å². The quantitative estimate of drug-likeness (QED) is 0.793. The highest BCUT2D eigenvalue weighted by Gasteiger charge is 2.38. The first-order valence-electron chi connectivity index (χ1n) is 4.18. The molecule has 1 N–H and O–H groups in total. The van der Waals surface area contributed by atoms with E-state index < -0.39 is 12.1 Å². The van der Waals surface area contributed by atoms with Crippen LogP contribution in [-0.4, -0.2) is 23.4 Å². The van der Waals surface area contributed by atoms with Gasteiger partial charge >= 0.3 is 12.1 Å². The Labute approximate surface area is 88.5 Å². The topological polar surface area (TPSA) is 59.1 Å². The Hall–Kier alpha value is -1.92. The van der Waals surface area contributed by atoms with Gasteiger partial charge in [-0.15, -0.1) is 0 Å². The molecule has 0 aliphatic rings. The molecule has 0 atom stereocenters. The number of halogens is 3. The fourth-order valence-corrected chi connectivity index (χ4v) is 0.938. The number of carbonyl (C=O) groups excluding carboxylic acids is 2. The molecule has 0 saturated carbocycles. The van der Waals surface area contributed by atoms with Crippen molar-refractivity contribution in [2.24, 2.45) is 0 Å². The SMILES string of the molecule is O=Cc1ccnc(CNC(=O)C(F)(F)F)c1. The second kappa shape index (κ2) is 4.73. The van der Waals surface area contributed by atoms with E-state index in [2.05, 4.69) is 4.98 Å². The Kier molecular flexibility index (Phi) is 3.60. The van der Waals surface area contributed by atoms with Crippen molar-refractivity contribution >= 4 is 12.2 Å². The molecule has 0 bridgehead atoms. The fraction of sp³-hybridized carbons (Fsp3) is 0.222. The van der Waals surface area contributed by atoms with Crippen LogP contribution in [0.1, 0.15) is 16.1 Å². The molecule has 1 amide bonds. The number of hydrogen-bond donors (Lipinski definition) is 1. The monoisotopic (exact) mass is 232 g/mol. The smallest absolute Gasteiger partial charge is 0.343 e. The lowest BCUT2D eigenvalue weighted by Crippen LogP contribution is -2.36. The maximum atomic E-state index is 11.8. The maximum Gasteiger partial charge on any atom is 0.471 e. The van der Waals surface area contributed by atoms with Crippen LogP contribution < -0.4 is 5.32 Å². The Morgan fingerprint density at radius 1 is 1.50 bits per heavy atom. The Morgan fingerprint density at radius 3 is 2.75 bits per heavy atom. The molecule has 0 unspecified atom stereocenters. The molecule has 0 aliphatic carbocycles. The predicted octanol–water partition coefficient (Wildman–Crippen LogP) is 1.07. The number of aldehydes is 1. The molecule has 0 spiro atoms. The summed E-state index contributed by atoms with van der Waals surface area (Å²) in [5.74, 6) is -2.04. The summed E-state index contributed by atoms with van der Waals surface area (Å²) in [6.45, 7) is -0.375. The summed E-state index contributed by atoms with van der Waals surface area (Å²) in [6, 6.07) is 2.70. The van der Waals surface area contributed by atoms with Crippen molar-refractivity contribution in [3.8, 4) is 0 Å². The van der Waals surface area contributed by atoms with Crippen LogP contribution in [0.3, 0.4) is 0 Å². The van der Waals surface area contributed by atoms with Gasteiger partial charge in [0.1, 0.15) is 6.29 Å². The summed E-state index contributed by atoms with van der Waals surface area (Å²) >= 11 is 0. The Bertz CT molecular complexity index is 404. The van der Waals surface area contributed by atoms with Gasteiger partial charge in [-0.25, -0.2) is 0 Å². The summed E-state index contributed by atoms with van der Waals surface area (Å²) in [4.78, 5) is 24.5. The molecule has 1 heterocycles. The highest BCUT2D eigenvalue weighted by molar-refractivity contribution is 5.81. The third kappa shape index (κ3) is 3.34. The highest BCUT2D eigenvalue weighted by atomic mass is 19.4. The highest BCUT2D eigenvalue weighted by Crippen LogP contribution is 2.14. The second-order valence-electron chi connectivity index (χ2n) is 2.88. The van der Waals surface area contributed by atoms with Crippen LogP contribution in [0.4, 0.5) is 13.2 Å². The van der Waals surface area contributed by atoms with Crippen LogP contribution in [0.2, 0.25) is 0 Å². The fourth-order valence-electron chi connectivity index (χ4n) is 0.938. The Morgan fingerprint density at radius 2 is 2.19 bits per heavy atom. The van der Waals surface area contributed by atoms with Gasteiger partial charge in [0.05, 0.1) is 12.2 Å². The molecule has 1 rings (SSSR count). The summed E-state index contributed by atoms with van der Waals surface area (Å²) in [6.07, 6.45) is -3.10. The first-order valence-corrected chi connectivity index (χ1v) is 4.18. The van der Waals surface area contributed by atoms with Crippen LogP contribution in [-0.2, 0) is 11.3 Å². The van der Waals surface area contributed by atoms with E-state index in [1.54, 1.807) is 5.32 Å². The molecule has 0 aromatic carbocycles. The van der Waals surface area contributed by atoms with E-state index in [-0.39, 0.29) is 17.8 Å². The van der Waals surface area contributed by atoms with E-state index in [9.17, 15) is 22.8 Å². The van der Waals surface area contributed by atoms with E-state index in [0.29, 0.717) is 6.29 Å². The second-order valence-corrected chi connectivity index (χ2v) is 2.88. The van der Waals surface area contributed by atoms with Crippen LogP contribution in [0, 0.1) is 0 Å². The minimum atomic E-state index is -4.91. The molecule has 1 aromatic rings. The van der Waals surface area contributed by atoms with Gasteiger partial charge in [0.25, 0.3) is 0 Å². The van der Waals surface area contributed by atoms with Gasteiger partial charge in [0.2, 0.25) is 0 Å². The molecule has 86 valence electrons. The molecule has 0 saturated heterocycles. The lowest BCUT2D eigenvalue weighted by Gasteiger charge is -2.07. The van der Waals surface area contributed by atoms with Gasteiger partial charge in [-0.2, -0.15) is 13.2 Å². The van der Waals surface area contributed by atoms with Crippen molar-refractivity contribution in [3.05, 3.63) is 29.6 Å². The van der Waals surface area contributed by atoms with Crippen molar-refractivity contribution in [1.29, 1.82) is 0 Å². The number of pyridine rings is 1. The third-order valence-electron chi connectivity index (χ3n) is 1.66. The van der Waals surface area contributed by atoms with Crippen LogP contribution in [0.15, 0.2) is 18.3 Å². The Balaban J connectivity index is 2.61. The zero-order valence-corrected chi connectivity index (χ0v) is 7.91. The molecule has 1 aromatic heterocycles. The average Bonchev–Trinajstić information content (AvgIpc) is 2.25. The lowest BCUT2D eigenvalue weighted by atomic mass is 10.2. The number of alkyl halides is 3. The largest absolute Gasteiger partial charge is 0.471 e. The van der Waals surface area contributed by atoms with Crippen molar-refractivity contribution in [1.82, 2.24) is 10.3 Å². The molecule has 0 aliphatic heterocycles. The van der Waals surface area contributed by atoms with Gasteiger partial charge in [-0.3, -0.25) is 14.6 Å². The summed E-state index contributed by atoms with van der Waals surface area (Å²) in [5, 5.41) is 1.65. The molecule has 7 heteroatoms. The standard InChI is InChI=1S/C9H7F3N2O2/c10-9(11,12)8(16)14-4-7-3-6(5-15)1-2-13-7/h1-3,5H,4H2,(H,14,16).